The molecule has 1 fully saturated rings. The SMILES string of the molecule is O=C(CC1CCCC1)N(Cc1cccs1)c1ccc2c(c1)OCCO2. The van der Waals surface area contributed by atoms with Gasteiger partial charge < -0.3 is 14.4 Å². The Kier molecular flexibility index (Phi) is 4.92. The summed E-state index contributed by atoms with van der Waals surface area (Å²) in [7, 11) is 0. The fraction of sp³-hybridized carbons (Fsp3) is 0.450. The maximum Gasteiger partial charge on any atom is 0.227 e. The number of ether oxygens (including phenoxy) is 2. The van der Waals surface area contributed by atoms with Gasteiger partial charge in [0.25, 0.3) is 0 Å². The van der Waals surface area contributed by atoms with Crippen LogP contribution < -0.4 is 14.4 Å². The molecule has 2 aliphatic rings. The smallest absolute Gasteiger partial charge is 0.227 e. The van der Waals surface area contributed by atoms with Gasteiger partial charge in [-0.1, -0.05) is 18.9 Å². The first kappa shape index (κ1) is 16.5. The zero-order valence-electron chi connectivity index (χ0n) is 14.3. The molecular formula is C20H23NO3S. The molecule has 1 aliphatic carbocycles. The topological polar surface area (TPSA) is 38.8 Å². The maximum atomic E-state index is 13.1. The summed E-state index contributed by atoms with van der Waals surface area (Å²) < 4.78 is 11.3. The second kappa shape index (κ2) is 7.48. The number of carbonyl (C=O) groups is 1. The van der Waals surface area contributed by atoms with Crippen molar-refractivity contribution < 1.29 is 14.3 Å². The van der Waals surface area contributed by atoms with E-state index in [4.69, 9.17) is 9.47 Å². The monoisotopic (exact) mass is 357 g/mol. The number of amides is 1. The molecule has 4 nitrogen and oxygen atoms in total. The van der Waals surface area contributed by atoms with Crippen LogP contribution in [-0.4, -0.2) is 19.1 Å². The van der Waals surface area contributed by atoms with Gasteiger partial charge in [0.15, 0.2) is 11.5 Å². The van der Waals surface area contributed by atoms with Crippen molar-refractivity contribution in [2.24, 2.45) is 5.92 Å². The predicted molar refractivity (Wildman–Crippen MR) is 99.5 cm³/mol. The normalized spacial score (nSPS) is 16.8. The van der Waals surface area contributed by atoms with Gasteiger partial charge in [0.1, 0.15) is 13.2 Å². The molecule has 0 saturated heterocycles. The molecular weight excluding hydrogens is 334 g/mol. The molecule has 0 radical (unpaired) electrons. The van der Waals surface area contributed by atoms with Crippen LogP contribution in [0.4, 0.5) is 5.69 Å². The van der Waals surface area contributed by atoms with Crippen LogP contribution >= 0.6 is 11.3 Å². The molecule has 132 valence electrons. The highest BCUT2D eigenvalue weighted by Crippen LogP contribution is 2.36. The fourth-order valence-electron chi connectivity index (χ4n) is 3.65. The molecule has 1 saturated carbocycles. The molecule has 0 unspecified atom stereocenters. The summed E-state index contributed by atoms with van der Waals surface area (Å²) in [5.74, 6) is 2.23. The number of fused-ring (bicyclic) bond motifs is 1. The fourth-order valence-corrected chi connectivity index (χ4v) is 4.35. The Morgan fingerprint density at radius 1 is 1.12 bits per heavy atom. The Hall–Kier alpha value is -2.01. The van der Waals surface area contributed by atoms with Gasteiger partial charge in [-0.3, -0.25) is 4.79 Å². The highest BCUT2D eigenvalue weighted by molar-refractivity contribution is 7.09. The molecule has 0 N–H and O–H groups in total. The minimum atomic E-state index is 0.206. The van der Waals surface area contributed by atoms with E-state index in [-0.39, 0.29) is 5.91 Å². The third kappa shape index (κ3) is 3.82. The van der Waals surface area contributed by atoms with Gasteiger partial charge in [-0.25, -0.2) is 0 Å². The van der Waals surface area contributed by atoms with E-state index in [1.165, 1.54) is 30.6 Å². The quantitative estimate of drug-likeness (QED) is 0.783. The van der Waals surface area contributed by atoms with Crippen LogP contribution in [0.2, 0.25) is 0 Å². The minimum absolute atomic E-state index is 0.206. The van der Waals surface area contributed by atoms with Crippen LogP contribution in [0, 0.1) is 5.92 Å². The predicted octanol–water partition coefficient (Wildman–Crippen LogP) is 4.63. The van der Waals surface area contributed by atoms with Crippen molar-refractivity contribution in [2.75, 3.05) is 18.1 Å². The van der Waals surface area contributed by atoms with Crippen molar-refractivity contribution in [3.63, 3.8) is 0 Å². The van der Waals surface area contributed by atoms with Crippen molar-refractivity contribution in [1.82, 2.24) is 0 Å². The first-order chi connectivity index (χ1) is 12.3. The number of nitrogens with zero attached hydrogens (tertiary/aromatic N) is 1. The zero-order valence-corrected chi connectivity index (χ0v) is 15.1. The summed E-state index contributed by atoms with van der Waals surface area (Å²) >= 11 is 1.69. The van der Waals surface area contributed by atoms with Gasteiger partial charge in [-0.15, -0.1) is 11.3 Å². The molecule has 1 aliphatic heterocycles. The van der Waals surface area contributed by atoms with E-state index < -0.39 is 0 Å². The Morgan fingerprint density at radius 3 is 2.68 bits per heavy atom. The van der Waals surface area contributed by atoms with E-state index >= 15 is 0 Å². The minimum Gasteiger partial charge on any atom is -0.486 e. The van der Waals surface area contributed by atoms with Gasteiger partial charge in [0.05, 0.1) is 6.54 Å². The Balaban J connectivity index is 1.58. The van der Waals surface area contributed by atoms with E-state index in [9.17, 15) is 4.79 Å². The zero-order chi connectivity index (χ0) is 17.1. The molecule has 4 rings (SSSR count). The summed E-state index contributed by atoms with van der Waals surface area (Å²) in [6, 6.07) is 9.93. The summed E-state index contributed by atoms with van der Waals surface area (Å²) in [5, 5.41) is 2.05. The number of carbonyl (C=O) groups excluding carboxylic acids is 1. The van der Waals surface area contributed by atoms with Gasteiger partial charge in [0.2, 0.25) is 5.91 Å². The molecule has 5 heteroatoms. The number of benzene rings is 1. The number of hydrogen-bond acceptors (Lipinski definition) is 4. The summed E-state index contributed by atoms with van der Waals surface area (Å²) in [4.78, 5) is 16.1. The molecule has 2 aromatic rings. The van der Waals surface area contributed by atoms with Gasteiger partial charge in [-0.05, 0) is 42.3 Å². The van der Waals surface area contributed by atoms with Crippen LogP contribution in [0.25, 0.3) is 0 Å². The average Bonchev–Trinajstić information content (AvgIpc) is 3.33. The molecule has 1 amide bonds. The van der Waals surface area contributed by atoms with Crippen molar-refractivity contribution in [3.05, 3.63) is 40.6 Å². The first-order valence-corrected chi connectivity index (χ1v) is 9.90. The number of thiophene rings is 1. The van der Waals surface area contributed by atoms with Crippen LogP contribution in [0.15, 0.2) is 35.7 Å². The molecule has 2 heterocycles. The maximum absolute atomic E-state index is 13.1. The van der Waals surface area contributed by atoms with Gasteiger partial charge in [-0.2, -0.15) is 0 Å². The standard InChI is InChI=1S/C20H23NO3S/c22-20(12-15-4-1-2-5-15)21(14-17-6-3-11-25-17)16-7-8-18-19(13-16)24-10-9-23-18/h3,6-8,11,13,15H,1-2,4-5,9-10,12,14H2. The molecule has 1 aromatic heterocycles. The van der Waals surface area contributed by atoms with Crippen LogP contribution in [0.1, 0.15) is 37.0 Å². The van der Waals surface area contributed by atoms with Crippen molar-refractivity contribution in [3.8, 4) is 11.5 Å². The third-order valence-electron chi connectivity index (χ3n) is 4.97. The summed E-state index contributed by atoms with van der Waals surface area (Å²) in [5.41, 5.74) is 0.889. The molecule has 25 heavy (non-hydrogen) atoms. The van der Waals surface area contributed by atoms with Crippen LogP contribution in [-0.2, 0) is 11.3 Å². The van der Waals surface area contributed by atoms with E-state index in [1.807, 2.05) is 29.2 Å². The Bertz CT molecular complexity index is 723. The largest absolute Gasteiger partial charge is 0.486 e. The number of rotatable bonds is 5. The molecule has 0 spiro atoms. The lowest BCUT2D eigenvalue weighted by molar-refractivity contribution is -0.119. The van der Waals surface area contributed by atoms with Crippen LogP contribution in [0.5, 0.6) is 11.5 Å². The summed E-state index contributed by atoms with van der Waals surface area (Å²) in [6.07, 6.45) is 5.51. The van der Waals surface area contributed by atoms with Gasteiger partial charge in [0, 0.05) is 23.1 Å². The molecule has 1 aromatic carbocycles. The lowest BCUT2D eigenvalue weighted by Crippen LogP contribution is -2.31. The van der Waals surface area contributed by atoms with Crippen molar-refractivity contribution in [2.45, 2.75) is 38.6 Å². The highest BCUT2D eigenvalue weighted by atomic mass is 32.1. The van der Waals surface area contributed by atoms with E-state index in [0.717, 1.165) is 17.2 Å². The Labute approximate surface area is 152 Å². The van der Waals surface area contributed by atoms with Gasteiger partial charge >= 0.3 is 0 Å². The Morgan fingerprint density at radius 2 is 1.92 bits per heavy atom. The van der Waals surface area contributed by atoms with Crippen LogP contribution in [0.3, 0.4) is 0 Å². The van der Waals surface area contributed by atoms with E-state index in [0.29, 0.717) is 32.1 Å². The number of hydrogen-bond donors (Lipinski definition) is 0. The van der Waals surface area contributed by atoms with E-state index in [2.05, 4.69) is 11.4 Å². The second-order valence-corrected chi connectivity index (χ2v) is 7.77. The lowest BCUT2D eigenvalue weighted by Gasteiger charge is -2.26. The van der Waals surface area contributed by atoms with Crippen molar-refractivity contribution >= 4 is 22.9 Å². The molecule has 0 atom stereocenters. The number of anilines is 1. The van der Waals surface area contributed by atoms with E-state index in [1.54, 1.807) is 11.3 Å². The van der Waals surface area contributed by atoms with Crippen molar-refractivity contribution in [1.29, 1.82) is 0 Å². The lowest BCUT2D eigenvalue weighted by atomic mass is 10.0. The first-order valence-electron chi connectivity index (χ1n) is 9.02. The average molecular weight is 357 g/mol. The second-order valence-electron chi connectivity index (χ2n) is 6.74. The highest BCUT2D eigenvalue weighted by Gasteiger charge is 2.24. The third-order valence-corrected chi connectivity index (χ3v) is 5.83. The summed E-state index contributed by atoms with van der Waals surface area (Å²) in [6.45, 7) is 1.74. The molecule has 0 bridgehead atoms.